The van der Waals surface area contributed by atoms with Gasteiger partial charge < -0.3 is 4.90 Å². The van der Waals surface area contributed by atoms with E-state index in [4.69, 9.17) is 0 Å². The van der Waals surface area contributed by atoms with Crippen LogP contribution in [0.15, 0.2) is 22.9 Å². The Morgan fingerprint density at radius 1 is 1.33 bits per heavy atom. The topological polar surface area (TPSA) is 33.2 Å². The fourth-order valence-electron chi connectivity index (χ4n) is 2.50. The molecule has 1 heterocycles. The van der Waals surface area contributed by atoms with Crippen molar-refractivity contribution in [3.8, 4) is 0 Å². The molecule has 1 fully saturated rings. The van der Waals surface area contributed by atoms with Crippen LogP contribution in [0, 0.1) is 5.92 Å². The highest BCUT2D eigenvalue weighted by molar-refractivity contribution is 9.10. The van der Waals surface area contributed by atoms with Gasteiger partial charge in [-0.3, -0.25) is 4.79 Å². The monoisotopic (exact) mass is 310 g/mol. The fraction of sp³-hybridized carbons (Fsp3) is 0.571. The Morgan fingerprint density at radius 3 is 2.56 bits per heavy atom. The largest absolute Gasteiger partial charge is 0.339 e. The molecule has 1 aliphatic rings. The maximum absolute atomic E-state index is 12.3. The molecule has 0 aliphatic heterocycles. The maximum atomic E-state index is 12.3. The fourth-order valence-corrected chi connectivity index (χ4v) is 2.74. The first-order chi connectivity index (χ1) is 8.58. The summed E-state index contributed by atoms with van der Waals surface area (Å²) in [5, 5.41) is 0. The van der Waals surface area contributed by atoms with E-state index in [1.165, 1.54) is 12.8 Å². The molecular formula is C14H19BrN2O. The molecule has 0 saturated heterocycles. The number of carbonyl (C=O) groups excluding carboxylic acids is 1. The van der Waals surface area contributed by atoms with E-state index in [0.29, 0.717) is 11.6 Å². The van der Waals surface area contributed by atoms with Crippen molar-refractivity contribution in [3.63, 3.8) is 0 Å². The molecule has 0 atom stereocenters. The zero-order valence-corrected chi connectivity index (χ0v) is 12.5. The first-order valence-corrected chi connectivity index (χ1v) is 7.26. The Kier molecular flexibility index (Phi) is 4.38. The Balaban J connectivity index is 2.02. The van der Waals surface area contributed by atoms with Crippen LogP contribution in [-0.4, -0.2) is 28.9 Å². The molecule has 18 heavy (non-hydrogen) atoms. The van der Waals surface area contributed by atoms with Gasteiger partial charge in [0, 0.05) is 19.3 Å². The average Bonchev–Trinajstić information content (AvgIpc) is 2.39. The van der Waals surface area contributed by atoms with Gasteiger partial charge in [0.25, 0.3) is 5.91 Å². The number of halogens is 1. The molecule has 0 radical (unpaired) electrons. The molecule has 4 heteroatoms. The molecule has 0 spiro atoms. The highest BCUT2D eigenvalue weighted by Gasteiger charge is 2.25. The van der Waals surface area contributed by atoms with Gasteiger partial charge in [-0.15, -0.1) is 0 Å². The van der Waals surface area contributed by atoms with Gasteiger partial charge >= 0.3 is 0 Å². The Morgan fingerprint density at radius 2 is 2.00 bits per heavy atom. The average molecular weight is 311 g/mol. The van der Waals surface area contributed by atoms with Crippen molar-refractivity contribution in [1.29, 1.82) is 0 Å². The van der Waals surface area contributed by atoms with E-state index in [-0.39, 0.29) is 5.91 Å². The van der Waals surface area contributed by atoms with Gasteiger partial charge in [0.05, 0.1) is 5.56 Å². The summed E-state index contributed by atoms with van der Waals surface area (Å²) in [4.78, 5) is 18.3. The van der Waals surface area contributed by atoms with Gasteiger partial charge in [-0.25, -0.2) is 4.98 Å². The van der Waals surface area contributed by atoms with Gasteiger partial charge in [0.1, 0.15) is 4.60 Å². The minimum atomic E-state index is 0.0783. The smallest absolute Gasteiger partial charge is 0.255 e. The summed E-state index contributed by atoms with van der Waals surface area (Å²) in [5.74, 6) is 0.883. The van der Waals surface area contributed by atoms with E-state index in [9.17, 15) is 4.79 Å². The van der Waals surface area contributed by atoms with Crippen LogP contribution in [0.3, 0.4) is 0 Å². The van der Waals surface area contributed by atoms with Gasteiger partial charge in [-0.1, -0.05) is 6.92 Å². The van der Waals surface area contributed by atoms with Crippen LogP contribution in [0.2, 0.25) is 0 Å². The molecule has 0 aromatic carbocycles. The minimum Gasteiger partial charge on any atom is -0.339 e. The van der Waals surface area contributed by atoms with Crippen molar-refractivity contribution < 1.29 is 4.79 Å². The summed E-state index contributed by atoms with van der Waals surface area (Å²) in [7, 11) is 1.91. The lowest BCUT2D eigenvalue weighted by Gasteiger charge is -2.33. The number of aromatic nitrogens is 1. The lowest BCUT2D eigenvalue weighted by molar-refractivity contribution is 0.0679. The molecule has 1 aromatic rings. The summed E-state index contributed by atoms with van der Waals surface area (Å²) in [6, 6.07) is 4.02. The maximum Gasteiger partial charge on any atom is 0.255 e. The first kappa shape index (κ1) is 13.5. The third kappa shape index (κ3) is 3.10. The normalized spacial score (nSPS) is 23.7. The number of carbonyl (C=O) groups is 1. The van der Waals surface area contributed by atoms with E-state index < -0.39 is 0 Å². The van der Waals surface area contributed by atoms with Crippen LogP contribution >= 0.6 is 15.9 Å². The molecule has 0 unspecified atom stereocenters. The number of rotatable bonds is 2. The van der Waals surface area contributed by atoms with E-state index in [1.54, 1.807) is 6.20 Å². The molecule has 0 N–H and O–H groups in total. The Bertz CT molecular complexity index is 410. The molecule has 1 aromatic heterocycles. The lowest BCUT2D eigenvalue weighted by atomic mass is 9.86. The van der Waals surface area contributed by atoms with Crippen LogP contribution in [0.1, 0.15) is 43.0 Å². The highest BCUT2D eigenvalue weighted by atomic mass is 79.9. The Labute approximate surface area is 117 Å². The number of pyridine rings is 1. The van der Waals surface area contributed by atoms with Gasteiger partial charge in [0.2, 0.25) is 0 Å². The predicted molar refractivity (Wildman–Crippen MR) is 75.5 cm³/mol. The number of hydrogen-bond acceptors (Lipinski definition) is 2. The second kappa shape index (κ2) is 5.83. The standard InChI is InChI=1S/C14H19BrN2O/c1-10-3-6-12(7-4-10)17(2)14(18)11-5-8-13(15)16-9-11/h5,8-10,12H,3-4,6-7H2,1-2H3. The lowest BCUT2D eigenvalue weighted by Crippen LogP contribution is -2.39. The van der Waals surface area contributed by atoms with Crippen LogP contribution in [0.4, 0.5) is 0 Å². The molecule has 2 rings (SSSR count). The zero-order chi connectivity index (χ0) is 13.1. The van der Waals surface area contributed by atoms with E-state index in [1.807, 2.05) is 24.1 Å². The molecule has 3 nitrogen and oxygen atoms in total. The van der Waals surface area contributed by atoms with Gasteiger partial charge in [0.15, 0.2) is 0 Å². The third-order valence-electron chi connectivity index (χ3n) is 3.83. The molecule has 0 bridgehead atoms. The summed E-state index contributed by atoms with van der Waals surface area (Å²) in [6.45, 7) is 2.29. The van der Waals surface area contributed by atoms with E-state index in [2.05, 4.69) is 27.8 Å². The molecule has 1 saturated carbocycles. The number of amides is 1. The summed E-state index contributed by atoms with van der Waals surface area (Å²) in [6.07, 6.45) is 6.32. The van der Waals surface area contributed by atoms with E-state index in [0.717, 1.165) is 23.4 Å². The first-order valence-electron chi connectivity index (χ1n) is 6.46. The molecule has 1 amide bonds. The summed E-state index contributed by atoms with van der Waals surface area (Å²) in [5.41, 5.74) is 0.666. The van der Waals surface area contributed by atoms with Crippen molar-refractivity contribution in [3.05, 3.63) is 28.5 Å². The molecule has 98 valence electrons. The quantitative estimate of drug-likeness (QED) is 0.783. The zero-order valence-electron chi connectivity index (χ0n) is 10.9. The third-order valence-corrected chi connectivity index (χ3v) is 4.30. The summed E-state index contributed by atoms with van der Waals surface area (Å²) >= 11 is 3.28. The summed E-state index contributed by atoms with van der Waals surface area (Å²) < 4.78 is 0.758. The van der Waals surface area contributed by atoms with Gasteiger partial charge in [-0.05, 0) is 59.7 Å². The molecule has 1 aliphatic carbocycles. The molecular weight excluding hydrogens is 292 g/mol. The van der Waals surface area contributed by atoms with E-state index >= 15 is 0 Å². The van der Waals surface area contributed by atoms with Crippen LogP contribution in [0.25, 0.3) is 0 Å². The van der Waals surface area contributed by atoms with Crippen LogP contribution < -0.4 is 0 Å². The predicted octanol–water partition coefficient (Wildman–Crippen LogP) is 3.49. The Hall–Kier alpha value is -0.900. The number of hydrogen-bond donors (Lipinski definition) is 0. The van der Waals surface area contributed by atoms with Crippen molar-refractivity contribution >= 4 is 21.8 Å². The number of nitrogens with zero attached hydrogens (tertiary/aromatic N) is 2. The van der Waals surface area contributed by atoms with Crippen molar-refractivity contribution in [2.45, 2.75) is 38.6 Å². The second-order valence-corrected chi connectivity index (χ2v) is 6.01. The van der Waals surface area contributed by atoms with Gasteiger partial charge in [-0.2, -0.15) is 0 Å². The minimum absolute atomic E-state index is 0.0783. The second-order valence-electron chi connectivity index (χ2n) is 5.20. The van der Waals surface area contributed by atoms with Crippen molar-refractivity contribution in [2.24, 2.45) is 5.92 Å². The van der Waals surface area contributed by atoms with Crippen molar-refractivity contribution in [2.75, 3.05) is 7.05 Å². The van der Waals surface area contributed by atoms with Crippen LogP contribution in [-0.2, 0) is 0 Å². The SMILES string of the molecule is CC1CCC(N(C)C(=O)c2ccc(Br)nc2)CC1. The van der Waals surface area contributed by atoms with Crippen molar-refractivity contribution in [1.82, 2.24) is 9.88 Å². The highest BCUT2D eigenvalue weighted by Crippen LogP contribution is 2.27. The van der Waals surface area contributed by atoms with Crippen LogP contribution in [0.5, 0.6) is 0 Å².